The van der Waals surface area contributed by atoms with Gasteiger partial charge in [0, 0.05) is 0 Å². The van der Waals surface area contributed by atoms with Crippen LogP contribution in [0.1, 0.15) is 35.5 Å². The first-order valence-electron chi connectivity index (χ1n) is 7.42. The van der Waals surface area contributed by atoms with Gasteiger partial charge >= 0.3 is 143 Å². The second kappa shape index (κ2) is 7.31. The number of benzene rings is 1. The van der Waals surface area contributed by atoms with Crippen LogP contribution in [-0.4, -0.2) is 32.2 Å². The van der Waals surface area contributed by atoms with Crippen molar-refractivity contribution in [2.45, 2.75) is 36.5 Å². The van der Waals surface area contributed by atoms with E-state index in [1.54, 1.807) is 5.20 Å². The van der Waals surface area contributed by atoms with Gasteiger partial charge in [0.25, 0.3) is 0 Å². The number of anilines is 1. The second-order valence-electron chi connectivity index (χ2n) is 6.97. The summed E-state index contributed by atoms with van der Waals surface area (Å²) in [7, 11) is -1.84. The molecular formula is C16H22Cl2NO2SiZr. The van der Waals surface area contributed by atoms with E-state index in [1.807, 2.05) is 0 Å². The fourth-order valence-electron chi connectivity index (χ4n) is 3.33. The Labute approximate surface area is 167 Å². The van der Waals surface area contributed by atoms with Crippen molar-refractivity contribution in [3.05, 3.63) is 34.5 Å². The molecule has 0 fully saturated rings. The maximum absolute atomic E-state index is 9.06. The van der Waals surface area contributed by atoms with Crippen LogP contribution in [0.15, 0.2) is 23.4 Å². The molecular weight excluding hydrogens is 428 g/mol. The van der Waals surface area contributed by atoms with Crippen LogP contribution >= 0.6 is 0 Å². The molecule has 1 heterocycles. The SMILES string of the molecule is CC(C)(C)Nc1cccc2c1C1=C([CH]2[Zr+2])[Si]1(C)OCCO.[Cl-].[Cl-]. The van der Waals surface area contributed by atoms with E-state index in [-0.39, 0.29) is 37.0 Å². The Morgan fingerprint density at radius 3 is 2.52 bits per heavy atom. The van der Waals surface area contributed by atoms with Crippen molar-refractivity contribution in [1.29, 1.82) is 0 Å². The third kappa shape index (κ3) is 3.65. The van der Waals surface area contributed by atoms with Crippen molar-refractivity contribution in [1.82, 2.24) is 0 Å². The Bertz CT molecular complexity index is 633. The van der Waals surface area contributed by atoms with Gasteiger partial charge in [0.05, 0.1) is 0 Å². The van der Waals surface area contributed by atoms with E-state index >= 15 is 0 Å². The number of hydrogen-bond acceptors (Lipinski definition) is 3. The zero-order chi connectivity index (χ0) is 15.4. The molecule has 0 amide bonds. The smallest absolute Gasteiger partial charge is 1.00 e. The molecule has 0 saturated heterocycles. The molecule has 0 aromatic heterocycles. The Kier molecular flexibility index (Phi) is 6.80. The number of aliphatic hydroxyl groups is 1. The summed E-state index contributed by atoms with van der Waals surface area (Å²) in [5.74, 6) is 0. The van der Waals surface area contributed by atoms with E-state index in [0.717, 1.165) is 0 Å². The molecule has 125 valence electrons. The van der Waals surface area contributed by atoms with Crippen LogP contribution in [-0.2, 0) is 29.1 Å². The fraction of sp³-hybridized carbons (Fsp3) is 0.500. The zero-order valence-electron chi connectivity index (χ0n) is 13.8. The molecule has 1 aliphatic carbocycles. The average molecular weight is 451 g/mol. The minimum atomic E-state index is -1.84. The van der Waals surface area contributed by atoms with Crippen molar-refractivity contribution in [3.8, 4) is 0 Å². The molecule has 0 bridgehead atoms. The first kappa shape index (κ1) is 21.4. The van der Waals surface area contributed by atoms with Gasteiger partial charge in [-0.2, -0.15) is 0 Å². The van der Waals surface area contributed by atoms with Crippen molar-refractivity contribution in [2.75, 3.05) is 18.5 Å². The van der Waals surface area contributed by atoms with Crippen LogP contribution in [0.25, 0.3) is 5.20 Å². The van der Waals surface area contributed by atoms with Crippen molar-refractivity contribution < 1.29 is 59.1 Å². The molecule has 23 heavy (non-hydrogen) atoms. The fourth-order valence-corrected chi connectivity index (χ4v) is 10.5. The molecule has 0 spiro atoms. The van der Waals surface area contributed by atoms with E-state index in [2.05, 4.69) is 50.8 Å². The third-order valence-corrected chi connectivity index (χ3v) is 9.89. The van der Waals surface area contributed by atoms with Gasteiger partial charge in [-0.3, -0.25) is 0 Å². The molecule has 7 heteroatoms. The van der Waals surface area contributed by atoms with E-state index < -0.39 is 8.32 Å². The summed E-state index contributed by atoms with van der Waals surface area (Å²) in [6, 6.07) is 6.60. The van der Waals surface area contributed by atoms with Crippen molar-refractivity contribution in [2.24, 2.45) is 0 Å². The second-order valence-corrected chi connectivity index (χ2v) is 11.8. The molecule has 3 nitrogen and oxygen atoms in total. The summed E-state index contributed by atoms with van der Waals surface area (Å²) in [6.45, 7) is 9.43. The third-order valence-electron chi connectivity index (χ3n) is 4.14. The van der Waals surface area contributed by atoms with Crippen LogP contribution in [0.5, 0.6) is 0 Å². The Balaban J connectivity index is 0.00000132. The Morgan fingerprint density at radius 1 is 1.30 bits per heavy atom. The number of aliphatic hydroxyl groups excluding tert-OH is 1. The zero-order valence-corrected chi connectivity index (χ0v) is 18.8. The van der Waals surface area contributed by atoms with E-state index in [9.17, 15) is 0 Å². The predicted molar refractivity (Wildman–Crippen MR) is 84.1 cm³/mol. The van der Waals surface area contributed by atoms with Crippen LogP contribution < -0.4 is 30.1 Å². The molecule has 2 aliphatic rings. The summed E-state index contributed by atoms with van der Waals surface area (Å²) >= 11 is 1.54. The first-order valence-corrected chi connectivity index (χ1v) is 11.2. The average Bonchev–Trinajstić information content (AvgIpc) is 2.85. The van der Waals surface area contributed by atoms with E-state index in [1.165, 1.54) is 46.7 Å². The summed E-state index contributed by atoms with van der Waals surface area (Å²) < 4.78 is 6.63. The van der Waals surface area contributed by atoms with Gasteiger partial charge in [-0.15, -0.1) is 0 Å². The van der Waals surface area contributed by atoms with Crippen LogP contribution in [0.2, 0.25) is 6.55 Å². The van der Waals surface area contributed by atoms with Gasteiger partial charge in [0.15, 0.2) is 0 Å². The van der Waals surface area contributed by atoms with Crippen LogP contribution in [0, 0.1) is 0 Å². The Morgan fingerprint density at radius 2 is 1.96 bits per heavy atom. The molecule has 1 aromatic rings. The van der Waals surface area contributed by atoms with Gasteiger partial charge in [-0.25, -0.2) is 0 Å². The maximum atomic E-state index is 9.06. The van der Waals surface area contributed by atoms with Gasteiger partial charge in [-0.05, 0) is 0 Å². The number of halogens is 2. The van der Waals surface area contributed by atoms with Gasteiger partial charge in [0.2, 0.25) is 0 Å². The molecule has 2 N–H and O–H groups in total. The number of fused-ring (bicyclic) bond motifs is 2. The Hall–Kier alpha value is 0.360. The first-order chi connectivity index (χ1) is 9.79. The van der Waals surface area contributed by atoms with Gasteiger partial charge in [-0.1, -0.05) is 0 Å². The topological polar surface area (TPSA) is 41.5 Å². The van der Waals surface area contributed by atoms with Crippen LogP contribution in [0.3, 0.4) is 0 Å². The molecule has 1 aliphatic heterocycles. The quantitative estimate of drug-likeness (QED) is 0.479. The molecule has 1 aromatic carbocycles. The summed E-state index contributed by atoms with van der Waals surface area (Å²) in [6.07, 6.45) is 0. The monoisotopic (exact) mass is 448 g/mol. The minimum absolute atomic E-state index is 0. The minimum Gasteiger partial charge on any atom is -1.00 e. The normalized spacial score (nSPS) is 24.4. The molecule has 0 radical (unpaired) electrons. The molecule has 2 unspecified atom stereocenters. The van der Waals surface area contributed by atoms with Crippen LogP contribution in [0.4, 0.5) is 5.69 Å². The number of hydrogen-bond donors (Lipinski definition) is 2. The van der Waals surface area contributed by atoms with E-state index in [4.69, 9.17) is 9.53 Å². The summed E-state index contributed by atoms with van der Waals surface area (Å²) in [4.78, 5) is 0. The molecule has 0 saturated carbocycles. The van der Waals surface area contributed by atoms with Gasteiger partial charge < -0.3 is 24.8 Å². The largest absolute Gasteiger partial charge is 1.00 e. The number of allylic oxidation sites excluding steroid dienone is 1. The standard InChI is InChI=1S/C16H22NO2Si.2ClH.Zr/c1-16(2,3)17-12-7-5-6-11-10-13-15(14(11)12)20(13,4)19-9-8-18;;;/h5-7,10,17-18H,8-9H2,1-4H3;2*1H;/q;;;+2/p-2. The number of nitrogens with one attached hydrogen (secondary N) is 1. The van der Waals surface area contributed by atoms with E-state index in [0.29, 0.717) is 10.2 Å². The summed E-state index contributed by atoms with van der Waals surface area (Å²) in [5.41, 5.74) is 4.15. The summed E-state index contributed by atoms with van der Waals surface area (Å²) in [5, 5.41) is 15.8. The number of rotatable bonds is 4. The molecule has 3 rings (SSSR count). The van der Waals surface area contributed by atoms with Crippen molar-refractivity contribution >= 4 is 19.2 Å². The maximum Gasteiger partial charge on any atom is -1.00 e. The van der Waals surface area contributed by atoms with Crippen molar-refractivity contribution in [3.63, 3.8) is 0 Å². The van der Waals surface area contributed by atoms with Gasteiger partial charge in [0.1, 0.15) is 0 Å². The molecule has 2 atom stereocenters. The predicted octanol–water partition coefficient (Wildman–Crippen LogP) is -3.06.